The number of nitrogens with zero attached hydrogens (tertiary/aromatic N) is 2. The summed E-state index contributed by atoms with van der Waals surface area (Å²) >= 11 is 1.19. The second kappa shape index (κ2) is 7.10. The van der Waals surface area contributed by atoms with Crippen LogP contribution in [-0.4, -0.2) is 24.4 Å². The predicted molar refractivity (Wildman–Crippen MR) is 95.3 cm³/mol. The van der Waals surface area contributed by atoms with Crippen molar-refractivity contribution >= 4 is 34.8 Å². The van der Waals surface area contributed by atoms with Crippen molar-refractivity contribution in [3.8, 4) is 6.07 Å². The highest BCUT2D eigenvalue weighted by atomic mass is 32.1. The largest absolute Gasteiger partial charge is 0.465 e. The number of esters is 1. The van der Waals surface area contributed by atoms with Gasteiger partial charge in [-0.05, 0) is 30.5 Å². The molecule has 0 spiro atoms. The number of carbonyl (C=O) groups is 3. The number of hydrogen-bond donors (Lipinski definition) is 0. The van der Waals surface area contributed by atoms with Crippen molar-refractivity contribution in [2.75, 3.05) is 11.5 Å². The molecule has 2 amide bonds. The van der Waals surface area contributed by atoms with E-state index in [1.165, 1.54) is 11.3 Å². The van der Waals surface area contributed by atoms with E-state index in [-0.39, 0.29) is 13.0 Å². The van der Waals surface area contributed by atoms with Gasteiger partial charge in [0, 0.05) is 11.3 Å². The Kier molecular flexibility index (Phi) is 4.87. The Hall–Kier alpha value is -2.98. The zero-order chi connectivity index (χ0) is 18.7. The molecule has 26 heavy (non-hydrogen) atoms. The van der Waals surface area contributed by atoms with Crippen LogP contribution in [0.5, 0.6) is 0 Å². The Labute approximate surface area is 154 Å². The van der Waals surface area contributed by atoms with Crippen molar-refractivity contribution in [1.82, 2.24) is 0 Å². The molecule has 1 aromatic carbocycles. The molecule has 132 valence electrons. The average molecular weight is 368 g/mol. The van der Waals surface area contributed by atoms with Crippen LogP contribution in [0.2, 0.25) is 0 Å². The van der Waals surface area contributed by atoms with Crippen LogP contribution in [0.1, 0.15) is 18.2 Å². The molecule has 6 nitrogen and oxygen atoms in total. The van der Waals surface area contributed by atoms with Crippen LogP contribution < -0.4 is 4.90 Å². The van der Waals surface area contributed by atoms with Crippen LogP contribution in [0.15, 0.2) is 47.8 Å². The highest BCUT2D eigenvalue weighted by Crippen LogP contribution is 2.43. The summed E-state index contributed by atoms with van der Waals surface area (Å²) in [5.74, 6) is -2.93. The zero-order valence-corrected chi connectivity index (χ0v) is 14.9. The van der Waals surface area contributed by atoms with Crippen molar-refractivity contribution < 1.29 is 19.1 Å². The van der Waals surface area contributed by atoms with Gasteiger partial charge in [-0.3, -0.25) is 14.5 Å². The van der Waals surface area contributed by atoms with Crippen LogP contribution in [0, 0.1) is 17.2 Å². The standard InChI is InChI=1S/C19H16N2O4S/c1-2-25-18(24)19(12-20,15-9-6-10-26-15)14-11-16(22)21(17(14)23)13-7-4-3-5-8-13/h3-10,14H,2,11H2,1H3/t14-,19-/m1/s1. The summed E-state index contributed by atoms with van der Waals surface area (Å²) in [5.41, 5.74) is -1.41. The van der Waals surface area contributed by atoms with Gasteiger partial charge in [0.15, 0.2) is 5.41 Å². The number of ether oxygens (including phenoxy) is 1. The van der Waals surface area contributed by atoms with Crippen LogP contribution >= 0.6 is 11.3 Å². The Morgan fingerprint density at radius 2 is 2.04 bits per heavy atom. The van der Waals surface area contributed by atoms with Crippen molar-refractivity contribution in [2.45, 2.75) is 18.8 Å². The number of benzene rings is 1. The third kappa shape index (κ3) is 2.68. The average Bonchev–Trinajstić information content (AvgIpc) is 3.27. The number of carbonyl (C=O) groups excluding carboxylic acids is 3. The van der Waals surface area contributed by atoms with Gasteiger partial charge in [0.2, 0.25) is 11.8 Å². The molecule has 2 aromatic rings. The lowest BCUT2D eigenvalue weighted by Crippen LogP contribution is -2.46. The van der Waals surface area contributed by atoms with Crippen molar-refractivity contribution in [3.63, 3.8) is 0 Å². The van der Waals surface area contributed by atoms with E-state index >= 15 is 0 Å². The van der Waals surface area contributed by atoms with Crippen LogP contribution in [0.25, 0.3) is 0 Å². The van der Waals surface area contributed by atoms with Crippen molar-refractivity contribution in [3.05, 3.63) is 52.7 Å². The summed E-state index contributed by atoms with van der Waals surface area (Å²) in [5, 5.41) is 11.7. The minimum absolute atomic E-state index is 0.0743. The maximum Gasteiger partial charge on any atom is 0.332 e. The monoisotopic (exact) mass is 368 g/mol. The van der Waals surface area contributed by atoms with E-state index in [1.807, 2.05) is 6.07 Å². The third-order valence-corrected chi connectivity index (χ3v) is 5.37. The Bertz CT molecular complexity index is 873. The number of hydrogen-bond acceptors (Lipinski definition) is 6. The second-order valence-corrected chi connectivity index (χ2v) is 6.72. The molecule has 2 atom stereocenters. The fourth-order valence-corrected chi connectivity index (χ4v) is 4.08. The minimum Gasteiger partial charge on any atom is -0.465 e. The number of para-hydroxylation sites is 1. The number of rotatable bonds is 5. The number of thiophene rings is 1. The fourth-order valence-electron chi connectivity index (χ4n) is 3.16. The SMILES string of the molecule is CCOC(=O)[C@@](C#N)(c1cccs1)[C@@H]1CC(=O)N(c2ccccc2)C1=O. The molecule has 0 radical (unpaired) electrons. The molecule has 1 aliphatic heterocycles. The molecule has 3 rings (SSSR count). The van der Waals surface area contributed by atoms with Crippen molar-refractivity contribution in [1.29, 1.82) is 5.26 Å². The first-order chi connectivity index (χ1) is 12.6. The molecular formula is C19H16N2O4S. The Morgan fingerprint density at radius 3 is 2.62 bits per heavy atom. The first-order valence-electron chi connectivity index (χ1n) is 8.10. The fraction of sp³-hybridized carbons (Fsp3) is 0.263. The van der Waals surface area contributed by atoms with Gasteiger partial charge in [0.1, 0.15) is 0 Å². The van der Waals surface area contributed by atoms with E-state index < -0.39 is 29.1 Å². The van der Waals surface area contributed by atoms with E-state index in [4.69, 9.17) is 4.74 Å². The third-order valence-electron chi connectivity index (χ3n) is 4.37. The maximum absolute atomic E-state index is 13.1. The van der Waals surface area contributed by atoms with Crippen LogP contribution in [0.3, 0.4) is 0 Å². The van der Waals surface area contributed by atoms with Gasteiger partial charge in [-0.1, -0.05) is 24.3 Å². The smallest absolute Gasteiger partial charge is 0.332 e. The number of anilines is 1. The highest BCUT2D eigenvalue weighted by Gasteiger charge is 2.59. The normalized spacial score (nSPS) is 19.1. The molecule has 0 bridgehead atoms. The number of imide groups is 1. The summed E-state index contributed by atoms with van der Waals surface area (Å²) in [4.78, 5) is 39.8. The van der Waals surface area contributed by atoms with Gasteiger partial charge in [0.25, 0.3) is 0 Å². The van der Waals surface area contributed by atoms with Gasteiger partial charge in [-0.25, -0.2) is 4.79 Å². The minimum atomic E-state index is -1.83. The van der Waals surface area contributed by atoms with Gasteiger partial charge in [0.05, 0.1) is 24.3 Å². The molecule has 7 heteroatoms. The predicted octanol–water partition coefficient (Wildman–Crippen LogP) is 2.65. The summed E-state index contributed by atoms with van der Waals surface area (Å²) < 4.78 is 5.12. The number of amides is 2. The summed E-state index contributed by atoms with van der Waals surface area (Å²) in [6, 6.07) is 13.8. The van der Waals surface area contributed by atoms with E-state index in [2.05, 4.69) is 0 Å². The van der Waals surface area contributed by atoms with E-state index in [9.17, 15) is 19.6 Å². The molecule has 0 unspecified atom stereocenters. The van der Waals surface area contributed by atoms with E-state index in [0.29, 0.717) is 10.6 Å². The quantitative estimate of drug-likeness (QED) is 0.598. The van der Waals surface area contributed by atoms with Crippen LogP contribution in [0.4, 0.5) is 5.69 Å². The molecule has 1 aliphatic rings. The molecule has 1 fully saturated rings. The lowest BCUT2D eigenvalue weighted by atomic mass is 9.74. The molecule has 0 aliphatic carbocycles. The van der Waals surface area contributed by atoms with Crippen LogP contribution in [-0.2, 0) is 24.5 Å². The first kappa shape index (κ1) is 17.8. The van der Waals surface area contributed by atoms with Gasteiger partial charge < -0.3 is 4.74 Å². The van der Waals surface area contributed by atoms with Gasteiger partial charge in [-0.15, -0.1) is 11.3 Å². The van der Waals surface area contributed by atoms with E-state index in [1.54, 1.807) is 54.8 Å². The summed E-state index contributed by atoms with van der Waals surface area (Å²) in [7, 11) is 0. The maximum atomic E-state index is 13.1. The lowest BCUT2D eigenvalue weighted by molar-refractivity contribution is -0.151. The number of nitriles is 1. The lowest BCUT2D eigenvalue weighted by Gasteiger charge is -2.27. The van der Waals surface area contributed by atoms with Gasteiger partial charge in [-0.2, -0.15) is 5.26 Å². The Balaban J connectivity index is 2.09. The summed E-state index contributed by atoms with van der Waals surface area (Å²) in [6.45, 7) is 1.71. The first-order valence-corrected chi connectivity index (χ1v) is 8.98. The molecule has 1 aromatic heterocycles. The van der Waals surface area contributed by atoms with Crippen molar-refractivity contribution in [2.24, 2.45) is 5.92 Å². The highest BCUT2D eigenvalue weighted by molar-refractivity contribution is 7.10. The summed E-state index contributed by atoms with van der Waals surface area (Å²) in [6.07, 6.45) is -0.224. The zero-order valence-electron chi connectivity index (χ0n) is 14.0. The molecule has 0 N–H and O–H groups in total. The molecule has 2 heterocycles. The molecule has 1 saturated heterocycles. The molecule has 0 saturated carbocycles. The molecular weight excluding hydrogens is 352 g/mol. The van der Waals surface area contributed by atoms with E-state index in [0.717, 1.165) is 4.90 Å². The topological polar surface area (TPSA) is 87.5 Å². The Morgan fingerprint density at radius 1 is 1.31 bits per heavy atom. The second-order valence-electron chi connectivity index (χ2n) is 5.78. The van der Waals surface area contributed by atoms with Gasteiger partial charge >= 0.3 is 5.97 Å².